The number of hydrogen-bond acceptors (Lipinski definition) is 6. The fourth-order valence-electron chi connectivity index (χ4n) is 4.36. The summed E-state index contributed by atoms with van der Waals surface area (Å²) in [5, 5.41) is 14.8. The molecule has 0 unspecified atom stereocenters. The Bertz CT molecular complexity index is 1120. The van der Waals surface area contributed by atoms with Gasteiger partial charge in [-0.25, -0.2) is 0 Å². The zero-order valence-electron chi connectivity index (χ0n) is 18.0. The van der Waals surface area contributed by atoms with Gasteiger partial charge in [0.25, 0.3) is 0 Å². The summed E-state index contributed by atoms with van der Waals surface area (Å²) in [6, 6.07) is 9.89. The van der Waals surface area contributed by atoms with E-state index in [2.05, 4.69) is 19.2 Å². The van der Waals surface area contributed by atoms with E-state index in [1.165, 1.54) is 6.07 Å². The lowest BCUT2D eigenvalue weighted by molar-refractivity contribution is -0.380. The van der Waals surface area contributed by atoms with Crippen LogP contribution in [0.2, 0.25) is 0 Å². The highest BCUT2D eigenvalue weighted by Gasteiger charge is 2.44. The van der Waals surface area contributed by atoms with Gasteiger partial charge in [0.05, 0.1) is 16.3 Å². The largest absolute Gasteiger partial charge is 0.357 e. The van der Waals surface area contributed by atoms with Gasteiger partial charge in [0.2, 0.25) is 5.91 Å². The Labute approximate surface area is 184 Å². The lowest BCUT2D eigenvalue weighted by atomic mass is 9.74. The lowest BCUT2D eigenvalue weighted by Crippen LogP contribution is -2.41. The third-order valence-electron chi connectivity index (χ3n) is 5.69. The summed E-state index contributed by atoms with van der Waals surface area (Å²) in [7, 11) is 0. The van der Waals surface area contributed by atoms with E-state index >= 15 is 0 Å². The molecule has 1 aromatic heterocycles. The molecule has 8 heteroatoms. The number of ketones is 1. The van der Waals surface area contributed by atoms with Gasteiger partial charge in [-0.3, -0.25) is 24.6 Å². The zero-order valence-corrected chi connectivity index (χ0v) is 18.8. The van der Waals surface area contributed by atoms with Crippen LogP contribution >= 0.6 is 11.3 Å². The number of para-hydroxylation sites is 2. The zero-order chi connectivity index (χ0) is 22.5. The Morgan fingerprint density at radius 1 is 1.23 bits per heavy atom. The molecule has 1 aliphatic heterocycles. The van der Waals surface area contributed by atoms with E-state index in [0.717, 1.165) is 22.7 Å². The number of nitro groups is 1. The van der Waals surface area contributed by atoms with E-state index in [9.17, 15) is 19.7 Å². The van der Waals surface area contributed by atoms with Gasteiger partial charge in [-0.05, 0) is 30.0 Å². The number of amides is 1. The molecular weight excluding hydrogens is 414 g/mol. The predicted molar refractivity (Wildman–Crippen MR) is 121 cm³/mol. The number of fused-ring (bicyclic) bond motifs is 1. The molecule has 4 rings (SSSR count). The molecular formula is C23H25N3O4S. The smallest absolute Gasteiger partial charge is 0.324 e. The van der Waals surface area contributed by atoms with Gasteiger partial charge >= 0.3 is 5.00 Å². The normalized spacial score (nSPS) is 20.1. The molecule has 0 radical (unpaired) electrons. The maximum absolute atomic E-state index is 13.5. The highest BCUT2D eigenvalue weighted by molar-refractivity contribution is 7.15. The molecule has 1 N–H and O–H groups in total. The van der Waals surface area contributed by atoms with Crippen LogP contribution in [0, 0.1) is 21.4 Å². The molecule has 1 atom stereocenters. The lowest BCUT2D eigenvalue weighted by Gasteiger charge is -2.37. The Hall–Kier alpha value is -3.00. The second kappa shape index (κ2) is 7.60. The topological polar surface area (TPSA) is 92.6 Å². The van der Waals surface area contributed by atoms with Crippen LogP contribution in [0.25, 0.3) is 0 Å². The first kappa shape index (κ1) is 21.2. The monoisotopic (exact) mass is 439 g/mol. The van der Waals surface area contributed by atoms with E-state index in [0.29, 0.717) is 29.0 Å². The van der Waals surface area contributed by atoms with Gasteiger partial charge in [0.1, 0.15) is 6.04 Å². The van der Waals surface area contributed by atoms with Gasteiger partial charge in [0.15, 0.2) is 5.78 Å². The van der Waals surface area contributed by atoms with E-state index < -0.39 is 11.0 Å². The van der Waals surface area contributed by atoms with Crippen molar-refractivity contribution in [1.29, 1.82) is 0 Å². The number of carbonyl (C=O) groups is 2. The first-order valence-corrected chi connectivity index (χ1v) is 11.1. The Kier molecular flexibility index (Phi) is 5.21. The summed E-state index contributed by atoms with van der Waals surface area (Å²) in [6.07, 6.45) is 1.01. The number of nitrogens with one attached hydrogen (secondary N) is 1. The van der Waals surface area contributed by atoms with Crippen LogP contribution < -0.4 is 10.2 Å². The third-order valence-corrected chi connectivity index (χ3v) is 6.78. The van der Waals surface area contributed by atoms with Crippen molar-refractivity contribution in [3.05, 3.63) is 62.7 Å². The third kappa shape index (κ3) is 3.76. The van der Waals surface area contributed by atoms with E-state index in [-0.39, 0.29) is 28.0 Å². The van der Waals surface area contributed by atoms with E-state index in [4.69, 9.17) is 0 Å². The van der Waals surface area contributed by atoms with Crippen LogP contribution in [-0.4, -0.2) is 16.6 Å². The van der Waals surface area contributed by atoms with E-state index in [1.807, 2.05) is 38.1 Å². The highest BCUT2D eigenvalue weighted by Crippen LogP contribution is 2.50. The molecule has 0 fully saturated rings. The highest BCUT2D eigenvalue weighted by atomic mass is 32.1. The predicted octanol–water partition coefficient (Wildman–Crippen LogP) is 5.46. The minimum absolute atomic E-state index is 0.0109. The van der Waals surface area contributed by atoms with Crippen molar-refractivity contribution in [2.75, 3.05) is 10.2 Å². The summed E-state index contributed by atoms with van der Waals surface area (Å²) in [5.74, 6) is -0.487. The summed E-state index contributed by atoms with van der Waals surface area (Å²) in [4.78, 5) is 40.1. The molecule has 2 heterocycles. The SMILES string of the molecule is CC(C)C(=O)N1c2ccccc2NC2=C(C(=O)CC(C)(C)C2)[C@H]1c1ccc([N+](=O)[O-])s1. The van der Waals surface area contributed by atoms with Crippen molar-refractivity contribution in [2.24, 2.45) is 11.3 Å². The van der Waals surface area contributed by atoms with Gasteiger partial charge in [-0.1, -0.05) is 51.2 Å². The number of benzene rings is 1. The molecule has 162 valence electrons. The number of hydrogen-bond donors (Lipinski definition) is 1. The first-order chi connectivity index (χ1) is 14.6. The maximum Gasteiger partial charge on any atom is 0.324 e. The van der Waals surface area contributed by atoms with Gasteiger partial charge in [-0.2, -0.15) is 0 Å². The first-order valence-electron chi connectivity index (χ1n) is 10.3. The van der Waals surface area contributed by atoms with Gasteiger partial charge < -0.3 is 5.32 Å². The van der Waals surface area contributed by atoms with Crippen LogP contribution in [0.5, 0.6) is 0 Å². The average molecular weight is 440 g/mol. The number of Topliss-reactive ketones (excluding diaryl/α,β-unsaturated/α-hetero) is 1. The minimum atomic E-state index is -0.705. The molecule has 0 saturated heterocycles. The fraction of sp³-hybridized carbons (Fsp3) is 0.391. The Balaban J connectivity index is 2.01. The van der Waals surface area contributed by atoms with Crippen molar-refractivity contribution in [3.63, 3.8) is 0 Å². The minimum Gasteiger partial charge on any atom is -0.357 e. The molecule has 7 nitrogen and oxygen atoms in total. The second-order valence-corrected chi connectivity index (χ2v) is 10.3. The summed E-state index contributed by atoms with van der Waals surface area (Å²) < 4.78 is 0. The van der Waals surface area contributed by atoms with Gasteiger partial charge in [-0.15, -0.1) is 0 Å². The Morgan fingerprint density at radius 3 is 2.58 bits per heavy atom. The number of rotatable bonds is 3. The number of thiophene rings is 1. The van der Waals surface area contributed by atoms with Crippen LogP contribution in [0.4, 0.5) is 16.4 Å². The second-order valence-electron chi connectivity index (χ2n) is 9.17. The summed E-state index contributed by atoms with van der Waals surface area (Å²) >= 11 is 1.01. The summed E-state index contributed by atoms with van der Waals surface area (Å²) in [5.41, 5.74) is 2.52. The molecule has 1 amide bonds. The number of nitrogens with zero attached hydrogens (tertiary/aromatic N) is 2. The molecule has 0 bridgehead atoms. The van der Waals surface area contributed by atoms with E-state index in [1.54, 1.807) is 11.0 Å². The molecule has 2 aliphatic rings. The molecule has 31 heavy (non-hydrogen) atoms. The molecule has 0 spiro atoms. The van der Waals surface area contributed by atoms with Crippen molar-refractivity contribution in [1.82, 2.24) is 0 Å². The number of carbonyl (C=O) groups excluding carboxylic acids is 2. The molecule has 1 aromatic carbocycles. The van der Waals surface area contributed by atoms with Crippen molar-refractivity contribution in [2.45, 2.75) is 46.6 Å². The molecule has 0 saturated carbocycles. The standard InChI is InChI=1S/C23H25N3O4S/c1-13(2)22(28)25-16-8-6-5-7-14(16)24-15-11-23(3,4)12-17(27)20(15)21(25)18-9-10-19(31-18)26(29)30/h5-10,13,21,24H,11-12H2,1-4H3/t21-/m1/s1. The van der Waals surface area contributed by atoms with Crippen LogP contribution in [0.3, 0.4) is 0 Å². The number of anilines is 2. The average Bonchev–Trinajstić information content (AvgIpc) is 3.11. The maximum atomic E-state index is 13.5. The van der Waals surface area contributed by atoms with Gasteiger partial charge in [0, 0.05) is 34.6 Å². The number of allylic oxidation sites excluding steroid dienone is 1. The quantitative estimate of drug-likeness (QED) is 0.507. The fourth-order valence-corrected chi connectivity index (χ4v) is 5.29. The van der Waals surface area contributed by atoms with Crippen molar-refractivity contribution >= 4 is 39.4 Å². The summed E-state index contributed by atoms with van der Waals surface area (Å²) in [6.45, 7) is 7.74. The van der Waals surface area contributed by atoms with Crippen LogP contribution in [0.1, 0.15) is 51.5 Å². The van der Waals surface area contributed by atoms with Crippen molar-refractivity contribution < 1.29 is 14.5 Å². The van der Waals surface area contributed by atoms with Crippen LogP contribution in [0.15, 0.2) is 47.7 Å². The van der Waals surface area contributed by atoms with Crippen LogP contribution in [-0.2, 0) is 9.59 Å². The Morgan fingerprint density at radius 2 is 1.94 bits per heavy atom. The van der Waals surface area contributed by atoms with Crippen molar-refractivity contribution in [3.8, 4) is 0 Å². The molecule has 2 aromatic rings. The molecule has 1 aliphatic carbocycles.